The van der Waals surface area contributed by atoms with Crippen molar-refractivity contribution in [3.63, 3.8) is 0 Å². The van der Waals surface area contributed by atoms with E-state index in [9.17, 15) is 9.59 Å². The molecule has 2 aromatic carbocycles. The van der Waals surface area contributed by atoms with E-state index >= 15 is 0 Å². The van der Waals surface area contributed by atoms with Crippen LogP contribution in [0.3, 0.4) is 0 Å². The van der Waals surface area contributed by atoms with Gasteiger partial charge in [-0.05, 0) is 61.4 Å². The summed E-state index contributed by atoms with van der Waals surface area (Å²) in [6.07, 6.45) is 2.21. The molecule has 1 aromatic heterocycles. The van der Waals surface area contributed by atoms with Gasteiger partial charge in [-0.3, -0.25) is 14.5 Å². The summed E-state index contributed by atoms with van der Waals surface area (Å²) in [6.45, 7) is 0.386. The molecule has 6 nitrogen and oxygen atoms in total. The third kappa shape index (κ3) is 4.69. The van der Waals surface area contributed by atoms with Crippen LogP contribution in [0.25, 0.3) is 11.5 Å². The molecule has 4 rings (SSSR count). The monoisotopic (exact) mass is 461 g/mol. The predicted octanol–water partition coefficient (Wildman–Crippen LogP) is 5.36. The zero-order chi connectivity index (χ0) is 21.1. The predicted molar refractivity (Wildman–Crippen MR) is 116 cm³/mol. The van der Waals surface area contributed by atoms with Crippen LogP contribution in [0, 0.1) is 0 Å². The number of carbonyl (C=O) groups is 2. The minimum Gasteiger partial charge on any atom is -0.411 e. The van der Waals surface area contributed by atoms with E-state index in [0.29, 0.717) is 39.7 Å². The number of amides is 2. The van der Waals surface area contributed by atoms with Crippen molar-refractivity contribution in [3.8, 4) is 11.5 Å². The van der Waals surface area contributed by atoms with Crippen LogP contribution in [-0.4, -0.2) is 38.7 Å². The van der Waals surface area contributed by atoms with E-state index in [1.165, 1.54) is 16.7 Å². The van der Waals surface area contributed by atoms with Gasteiger partial charge in [-0.25, -0.2) is 0 Å². The molecular formula is C21H17Cl2N3O3S. The van der Waals surface area contributed by atoms with Crippen LogP contribution >= 0.6 is 35.0 Å². The standard InChI is InChI=1S/C21H17Cl2N3O3S/c22-15-8-4-13(5-9-15)18-24-25-21(29-18)30-17-3-1-2-12-26(20(17)28)19(27)14-6-10-16(23)11-7-14/h4-11,17H,1-3,12H2/t17-/m0/s1. The Balaban J connectivity index is 1.50. The molecule has 3 aromatic rings. The molecule has 0 N–H and O–H groups in total. The van der Waals surface area contributed by atoms with Crippen molar-refractivity contribution in [1.29, 1.82) is 0 Å². The van der Waals surface area contributed by atoms with Gasteiger partial charge in [0.15, 0.2) is 0 Å². The maximum absolute atomic E-state index is 13.1. The average Bonchev–Trinajstić information content (AvgIpc) is 3.14. The number of thioether (sulfide) groups is 1. The first-order valence-corrected chi connectivity index (χ1v) is 11.0. The number of aromatic nitrogens is 2. The highest BCUT2D eigenvalue weighted by atomic mass is 35.5. The first kappa shape index (κ1) is 20.9. The molecule has 0 unspecified atom stereocenters. The van der Waals surface area contributed by atoms with Crippen molar-refractivity contribution in [1.82, 2.24) is 15.1 Å². The highest BCUT2D eigenvalue weighted by Crippen LogP contribution is 2.32. The lowest BCUT2D eigenvalue weighted by atomic mass is 10.2. The quantitative estimate of drug-likeness (QED) is 0.486. The van der Waals surface area contributed by atoms with Crippen molar-refractivity contribution in [3.05, 3.63) is 64.1 Å². The lowest BCUT2D eigenvalue weighted by molar-refractivity contribution is -0.127. The molecule has 9 heteroatoms. The van der Waals surface area contributed by atoms with E-state index in [1.807, 2.05) is 0 Å². The lowest BCUT2D eigenvalue weighted by Crippen LogP contribution is -2.41. The zero-order valence-corrected chi connectivity index (χ0v) is 18.1. The van der Waals surface area contributed by atoms with Crippen LogP contribution in [0.5, 0.6) is 0 Å². The highest BCUT2D eigenvalue weighted by Gasteiger charge is 2.33. The topological polar surface area (TPSA) is 76.3 Å². The Hall–Kier alpha value is -2.35. The van der Waals surface area contributed by atoms with E-state index in [4.69, 9.17) is 27.6 Å². The molecule has 0 aliphatic carbocycles. The van der Waals surface area contributed by atoms with Gasteiger partial charge in [-0.2, -0.15) is 0 Å². The fourth-order valence-corrected chi connectivity index (χ4v) is 4.38. The van der Waals surface area contributed by atoms with E-state index in [2.05, 4.69) is 10.2 Å². The fraction of sp³-hybridized carbons (Fsp3) is 0.238. The molecular weight excluding hydrogens is 445 g/mol. The van der Waals surface area contributed by atoms with Crippen LogP contribution in [0.4, 0.5) is 0 Å². The summed E-state index contributed by atoms with van der Waals surface area (Å²) in [5, 5.41) is 9.08. The van der Waals surface area contributed by atoms with Crippen molar-refractivity contribution >= 4 is 46.8 Å². The maximum atomic E-state index is 13.1. The molecule has 0 saturated carbocycles. The van der Waals surface area contributed by atoms with Crippen LogP contribution < -0.4 is 0 Å². The van der Waals surface area contributed by atoms with E-state index in [1.54, 1.807) is 48.5 Å². The van der Waals surface area contributed by atoms with Crippen molar-refractivity contribution < 1.29 is 14.0 Å². The normalized spacial score (nSPS) is 17.1. The second kappa shape index (κ2) is 9.20. The molecule has 2 heterocycles. The lowest BCUT2D eigenvalue weighted by Gasteiger charge is -2.21. The number of hydrogen-bond acceptors (Lipinski definition) is 6. The van der Waals surface area contributed by atoms with Gasteiger partial charge in [0, 0.05) is 27.7 Å². The van der Waals surface area contributed by atoms with E-state index in [-0.39, 0.29) is 11.8 Å². The number of carbonyl (C=O) groups excluding carboxylic acids is 2. The van der Waals surface area contributed by atoms with Gasteiger partial charge >= 0.3 is 0 Å². The molecule has 1 fully saturated rings. The number of benzene rings is 2. The van der Waals surface area contributed by atoms with Gasteiger partial charge in [0.2, 0.25) is 11.8 Å². The minimum absolute atomic E-state index is 0.247. The fourth-order valence-electron chi connectivity index (χ4n) is 3.15. The summed E-state index contributed by atoms with van der Waals surface area (Å²) in [4.78, 5) is 27.3. The Morgan fingerprint density at radius 2 is 1.67 bits per heavy atom. The van der Waals surface area contributed by atoms with Crippen LogP contribution in [-0.2, 0) is 4.79 Å². The van der Waals surface area contributed by atoms with Crippen molar-refractivity contribution in [2.45, 2.75) is 29.7 Å². The molecule has 1 aliphatic heterocycles. The largest absolute Gasteiger partial charge is 0.411 e. The number of hydrogen-bond donors (Lipinski definition) is 0. The number of rotatable bonds is 4. The third-order valence-corrected chi connectivity index (χ3v) is 6.31. The van der Waals surface area contributed by atoms with E-state index in [0.717, 1.165) is 18.4 Å². The van der Waals surface area contributed by atoms with Gasteiger partial charge in [0.05, 0.1) is 5.25 Å². The second-order valence-electron chi connectivity index (χ2n) is 6.78. The molecule has 0 bridgehead atoms. The summed E-state index contributed by atoms with van der Waals surface area (Å²) in [6, 6.07) is 13.6. The molecule has 154 valence electrons. The van der Waals surface area contributed by atoms with Crippen molar-refractivity contribution in [2.24, 2.45) is 0 Å². The summed E-state index contributed by atoms with van der Waals surface area (Å²) in [5.74, 6) is -0.218. The van der Waals surface area contributed by atoms with Crippen molar-refractivity contribution in [2.75, 3.05) is 6.54 Å². The van der Waals surface area contributed by atoms with Crippen LogP contribution in [0.15, 0.2) is 58.2 Å². The SMILES string of the molecule is O=C(c1ccc(Cl)cc1)N1CCCC[C@H](Sc2nnc(-c3ccc(Cl)cc3)o2)C1=O. The van der Waals surface area contributed by atoms with Gasteiger partial charge in [0.1, 0.15) is 0 Å². The first-order chi connectivity index (χ1) is 14.5. The number of halogens is 2. The van der Waals surface area contributed by atoms with Gasteiger partial charge in [-0.1, -0.05) is 41.4 Å². The molecule has 1 aliphatic rings. The Morgan fingerprint density at radius 1 is 1.00 bits per heavy atom. The molecule has 30 heavy (non-hydrogen) atoms. The molecule has 0 radical (unpaired) electrons. The highest BCUT2D eigenvalue weighted by molar-refractivity contribution is 8.00. The van der Waals surface area contributed by atoms with Gasteiger partial charge in [-0.15, -0.1) is 10.2 Å². The Kier molecular flexibility index (Phi) is 6.41. The average molecular weight is 462 g/mol. The minimum atomic E-state index is -0.470. The first-order valence-electron chi connectivity index (χ1n) is 9.38. The van der Waals surface area contributed by atoms with Crippen LogP contribution in [0.2, 0.25) is 10.0 Å². The molecule has 1 saturated heterocycles. The maximum Gasteiger partial charge on any atom is 0.277 e. The Bertz CT molecular complexity index is 1050. The Morgan fingerprint density at radius 3 is 2.37 bits per heavy atom. The second-order valence-corrected chi connectivity index (χ2v) is 8.81. The molecule has 2 amide bonds. The third-order valence-electron chi connectivity index (χ3n) is 4.72. The van der Waals surface area contributed by atoms with Gasteiger partial charge < -0.3 is 4.42 Å². The van der Waals surface area contributed by atoms with E-state index < -0.39 is 5.25 Å². The summed E-state index contributed by atoms with van der Waals surface area (Å²) in [5.41, 5.74) is 1.17. The summed E-state index contributed by atoms with van der Waals surface area (Å²) < 4.78 is 5.72. The smallest absolute Gasteiger partial charge is 0.277 e. The zero-order valence-electron chi connectivity index (χ0n) is 15.8. The van der Waals surface area contributed by atoms with Crippen LogP contribution in [0.1, 0.15) is 29.6 Å². The number of nitrogens with zero attached hydrogens (tertiary/aromatic N) is 3. The summed E-state index contributed by atoms with van der Waals surface area (Å²) >= 11 is 13.0. The number of likely N-dealkylation sites (tertiary alicyclic amines) is 1. The number of imide groups is 1. The molecule has 1 atom stereocenters. The van der Waals surface area contributed by atoms with Gasteiger partial charge in [0.25, 0.3) is 11.1 Å². The summed E-state index contributed by atoms with van der Waals surface area (Å²) in [7, 11) is 0. The Labute approximate surface area is 187 Å². The molecule has 0 spiro atoms.